The summed E-state index contributed by atoms with van der Waals surface area (Å²) in [4.78, 5) is 4.27. The highest BCUT2D eigenvalue weighted by Gasteiger charge is 2.10. The van der Waals surface area contributed by atoms with Crippen LogP contribution in [0, 0.1) is 0 Å². The Bertz CT molecular complexity index is 267. The smallest absolute Gasteiger partial charge is 0.138 e. The van der Waals surface area contributed by atoms with E-state index in [1.54, 1.807) is 6.33 Å². The van der Waals surface area contributed by atoms with Gasteiger partial charge in [0.2, 0.25) is 0 Å². The summed E-state index contributed by atoms with van der Waals surface area (Å²) >= 11 is 0. The van der Waals surface area contributed by atoms with Gasteiger partial charge in [-0.25, -0.2) is 9.67 Å². The third-order valence-electron chi connectivity index (χ3n) is 2.18. The van der Waals surface area contributed by atoms with Gasteiger partial charge in [0.25, 0.3) is 0 Å². The maximum atomic E-state index is 4.27. The molecule has 0 bridgehead atoms. The van der Waals surface area contributed by atoms with Crippen molar-refractivity contribution in [3.05, 3.63) is 12.2 Å². The first-order valence-electron chi connectivity index (χ1n) is 5.26. The van der Waals surface area contributed by atoms with E-state index in [2.05, 4.69) is 43.1 Å². The first kappa shape index (κ1) is 11.2. The zero-order valence-corrected chi connectivity index (χ0v) is 9.49. The molecule has 0 saturated heterocycles. The molecule has 1 rings (SSSR count). The van der Waals surface area contributed by atoms with Crippen LogP contribution in [0.15, 0.2) is 6.33 Å². The van der Waals surface area contributed by atoms with E-state index in [4.69, 9.17) is 0 Å². The second-order valence-corrected chi connectivity index (χ2v) is 3.88. The lowest BCUT2D eigenvalue weighted by atomic mass is 10.2. The molecule has 1 unspecified atom stereocenters. The van der Waals surface area contributed by atoms with Gasteiger partial charge in [0.05, 0.1) is 0 Å². The molecule has 1 aromatic rings. The van der Waals surface area contributed by atoms with Crippen molar-refractivity contribution in [1.29, 1.82) is 0 Å². The van der Waals surface area contributed by atoms with Crippen LogP contribution in [0.1, 0.15) is 39.6 Å². The van der Waals surface area contributed by atoms with Crippen molar-refractivity contribution >= 4 is 0 Å². The minimum absolute atomic E-state index is 0.390. The van der Waals surface area contributed by atoms with Crippen molar-refractivity contribution in [2.75, 3.05) is 6.54 Å². The van der Waals surface area contributed by atoms with Gasteiger partial charge in [-0.05, 0) is 27.3 Å². The molecule has 0 saturated carbocycles. The third-order valence-corrected chi connectivity index (χ3v) is 2.18. The van der Waals surface area contributed by atoms with Crippen LogP contribution in [0.2, 0.25) is 0 Å². The van der Waals surface area contributed by atoms with Crippen LogP contribution in [0.5, 0.6) is 0 Å². The SMILES string of the molecule is CCNC(C)Cc1ncnn1C(C)C. The fourth-order valence-corrected chi connectivity index (χ4v) is 1.55. The summed E-state index contributed by atoms with van der Waals surface area (Å²) in [5, 5.41) is 7.58. The molecule has 1 N–H and O–H groups in total. The van der Waals surface area contributed by atoms with E-state index in [9.17, 15) is 0 Å². The molecule has 0 amide bonds. The summed E-state index contributed by atoms with van der Waals surface area (Å²) in [7, 11) is 0. The quantitative estimate of drug-likeness (QED) is 0.774. The molecule has 0 radical (unpaired) electrons. The molecule has 0 aliphatic heterocycles. The number of aromatic nitrogens is 3. The summed E-state index contributed by atoms with van der Waals surface area (Å²) in [6.07, 6.45) is 2.57. The summed E-state index contributed by atoms with van der Waals surface area (Å²) in [6.45, 7) is 9.52. The molecule has 0 fully saturated rings. The average Bonchev–Trinajstić information content (AvgIpc) is 2.52. The Kier molecular flexibility index (Phi) is 4.07. The number of hydrogen-bond acceptors (Lipinski definition) is 3. The largest absolute Gasteiger partial charge is 0.314 e. The highest BCUT2D eigenvalue weighted by Crippen LogP contribution is 2.06. The molecular weight excluding hydrogens is 176 g/mol. The molecule has 0 aliphatic rings. The predicted octanol–water partition coefficient (Wildman–Crippen LogP) is 1.40. The maximum absolute atomic E-state index is 4.27. The fraction of sp³-hybridized carbons (Fsp3) is 0.800. The van der Waals surface area contributed by atoms with Crippen LogP contribution in [0.4, 0.5) is 0 Å². The van der Waals surface area contributed by atoms with E-state index in [0.29, 0.717) is 12.1 Å². The lowest BCUT2D eigenvalue weighted by Crippen LogP contribution is -2.29. The van der Waals surface area contributed by atoms with Crippen molar-refractivity contribution in [2.45, 2.75) is 46.2 Å². The van der Waals surface area contributed by atoms with Crippen molar-refractivity contribution < 1.29 is 0 Å². The minimum atomic E-state index is 0.390. The first-order chi connectivity index (χ1) is 6.65. The Morgan fingerprint density at radius 2 is 2.14 bits per heavy atom. The van der Waals surface area contributed by atoms with Crippen LogP contribution in [0.3, 0.4) is 0 Å². The van der Waals surface area contributed by atoms with Crippen molar-refractivity contribution in [3.8, 4) is 0 Å². The normalized spacial score (nSPS) is 13.5. The molecule has 80 valence electrons. The topological polar surface area (TPSA) is 42.7 Å². The van der Waals surface area contributed by atoms with Gasteiger partial charge in [-0.2, -0.15) is 5.10 Å². The maximum Gasteiger partial charge on any atom is 0.138 e. The third kappa shape index (κ3) is 2.80. The van der Waals surface area contributed by atoms with Crippen LogP contribution in [-0.4, -0.2) is 27.4 Å². The highest BCUT2D eigenvalue weighted by molar-refractivity contribution is 4.89. The summed E-state index contributed by atoms with van der Waals surface area (Å²) in [5.41, 5.74) is 0. The summed E-state index contributed by atoms with van der Waals surface area (Å²) < 4.78 is 1.98. The van der Waals surface area contributed by atoms with Gasteiger partial charge in [0.1, 0.15) is 12.2 Å². The summed E-state index contributed by atoms with van der Waals surface area (Å²) in [6, 6.07) is 0.850. The second-order valence-electron chi connectivity index (χ2n) is 3.88. The average molecular weight is 196 g/mol. The molecule has 0 aromatic carbocycles. The molecule has 1 atom stereocenters. The van der Waals surface area contributed by atoms with E-state index >= 15 is 0 Å². The molecule has 1 heterocycles. The monoisotopic (exact) mass is 196 g/mol. The van der Waals surface area contributed by atoms with Gasteiger partial charge in [-0.15, -0.1) is 0 Å². The van der Waals surface area contributed by atoms with E-state index in [1.807, 2.05) is 4.68 Å². The Morgan fingerprint density at radius 3 is 2.71 bits per heavy atom. The molecule has 4 heteroatoms. The number of nitrogens with one attached hydrogen (secondary N) is 1. The number of likely N-dealkylation sites (N-methyl/N-ethyl adjacent to an activating group) is 1. The number of rotatable bonds is 5. The van der Waals surface area contributed by atoms with E-state index in [0.717, 1.165) is 18.8 Å². The molecule has 0 spiro atoms. The summed E-state index contributed by atoms with van der Waals surface area (Å²) in [5.74, 6) is 1.06. The van der Waals surface area contributed by atoms with Crippen molar-refractivity contribution in [2.24, 2.45) is 0 Å². The van der Waals surface area contributed by atoms with Gasteiger partial charge in [0, 0.05) is 18.5 Å². The molecular formula is C10H20N4. The number of hydrogen-bond donors (Lipinski definition) is 1. The van der Waals surface area contributed by atoms with Gasteiger partial charge in [-0.1, -0.05) is 6.92 Å². The van der Waals surface area contributed by atoms with Gasteiger partial charge >= 0.3 is 0 Å². The second kappa shape index (κ2) is 5.10. The number of nitrogens with zero attached hydrogens (tertiary/aromatic N) is 3. The van der Waals surface area contributed by atoms with Crippen molar-refractivity contribution in [1.82, 2.24) is 20.1 Å². The zero-order chi connectivity index (χ0) is 10.6. The lowest BCUT2D eigenvalue weighted by molar-refractivity contribution is 0.475. The van der Waals surface area contributed by atoms with Crippen LogP contribution in [-0.2, 0) is 6.42 Å². The molecule has 14 heavy (non-hydrogen) atoms. The van der Waals surface area contributed by atoms with E-state index in [1.165, 1.54) is 0 Å². The Labute approximate surface area is 85.7 Å². The van der Waals surface area contributed by atoms with Crippen LogP contribution >= 0.6 is 0 Å². The minimum Gasteiger partial charge on any atom is -0.314 e. The zero-order valence-electron chi connectivity index (χ0n) is 9.49. The standard InChI is InChI=1S/C10H20N4/c1-5-11-9(4)6-10-12-7-13-14(10)8(2)3/h7-9,11H,5-6H2,1-4H3. The van der Waals surface area contributed by atoms with Gasteiger partial charge in [0.15, 0.2) is 0 Å². The fourth-order valence-electron chi connectivity index (χ4n) is 1.55. The Morgan fingerprint density at radius 1 is 1.43 bits per heavy atom. The molecule has 0 aliphatic carbocycles. The predicted molar refractivity (Wildman–Crippen MR) is 57.2 cm³/mol. The van der Waals surface area contributed by atoms with E-state index in [-0.39, 0.29) is 0 Å². The van der Waals surface area contributed by atoms with Crippen LogP contribution in [0.25, 0.3) is 0 Å². The lowest BCUT2D eigenvalue weighted by Gasteiger charge is -2.14. The van der Waals surface area contributed by atoms with Gasteiger partial charge in [-0.3, -0.25) is 0 Å². The molecule has 1 aromatic heterocycles. The molecule has 4 nitrogen and oxygen atoms in total. The van der Waals surface area contributed by atoms with E-state index < -0.39 is 0 Å². The van der Waals surface area contributed by atoms with Crippen molar-refractivity contribution in [3.63, 3.8) is 0 Å². The Hall–Kier alpha value is -0.900. The Balaban J connectivity index is 2.61. The first-order valence-corrected chi connectivity index (χ1v) is 5.26. The highest BCUT2D eigenvalue weighted by atomic mass is 15.3. The van der Waals surface area contributed by atoms with Gasteiger partial charge < -0.3 is 5.32 Å². The van der Waals surface area contributed by atoms with Crippen LogP contribution < -0.4 is 5.32 Å².